The van der Waals surface area contributed by atoms with Gasteiger partial charge in [-0.15, -0.1) is 0 Å². The molecule has 0 aliphatic carbocycles. The summed E-state index contributed by atoms with van der Waals surface area (Å²) >= 11 is 3.69. The maximum Gasteiger partial charge on any atom is 0.238 e. The lowest BCUT2D eigenvalue weighted by Crippen LogP contribution is -2.66. The first-order valence-electron chi connectivity index (χ1n) is 19.7. The number of carbonyl (C=O) groups excluding carboxylic acids is 1. The van der Waals surface area contributed by atoms with Crippen LogP contribution in [-0.2, 0) is 28.8 Å². The number of hydrogen-bond acceptors (Lipinski definition) is 11. The van der Waals surface area contributed by atoms with Crippen molar-refractivity contribution in [3.63, 3.8) is 0 Å². The zero-order chi connectivity index (χ0) is 39.4. The summed E-state index contributed by atoms with van der Waals surface area (Å²) in [5, 5.41) is 3.44. The number of nitrogens with one attached hydrogen (secondary N) is 1. The molecule has 1 unspecified atom stereocenters. The molecule has 3 aliphatic heterocycles. The van der Waals surface area contributed by atoms with Crippen molar-refractivity contribution in [1.29, 1.82) is 0 Å². The van der Waals surface area contributed by atoms with E-state index in [2.05, 4.69) is 67.1 Å². The third kappa shape index (κ3) is 8.32. The second-order valence-electron chi connectivity index (χ2n) is 14.9. The molecule has 2 saturated heterocycles. The van der Waals surface area contributed by atoms with Crippen LogP contribution >= 0.6 is 15.9 Å². The predicted molar refractivity (Wildman–Crippen MR) is 224 cm³/mol. The fraction of sp³-hybridized carbons (Fsp3) is 0.386. The summed E-state index contributed by atoms with van der Waals surface area (Å²) in [7, 11) is 3.36. The van der Waals surface area contributed by atoms with Crippen LogP contribution in [0.5, 0.6) is 11.5 Å². The summed E-state index contributed by atoms with van der Waals surface area (Å²) in [5.74, 6) is 2.78. The maximum absolute atomic E-state index is 15.7. The number of likely N-dealkylation sites (N-methyl/N-ethyl adjacent to an activating group) is 1. The van der Waals surface area contributed by atoms with Gasteiger partial charge in [-0.2, -0.15) is 4.98 Å². The molecule has 1 amide bonds. The van der Waals surface area contributed by atoms with Gasteiger partial charge >= 0.3 is 0 Å². The number of morpholine rings is 1. The zero-order valence-corrected chi connectivity index (χ0v) is 34.4. The molecule has 12 nitrogen and oxygen atoms in total. The van der Waals surface area contributed by atoms with E-state index in [0.717, 1.165) is 94.4 Å². The number of fused-ring (bicyclic) bond motifs is 1. The summed E-state index contributed by atoms with van der Waals surface area (Å²) in [6.07, 6.45) is 5.75. The van der Waals surface area contributed by atoms with Crippen LogP contribution < -0.4 is 19.7 Å². The van der Waals surface area contributed by atoms with Crippen LogP contribution in [0.15, 0.2) is 89.7 Å². The largest absolute Gasteiger partial charge is 0.497 e. The third-order valence-corrected chi connectivity index (χ3v) is 11.9. The van der Waals surface area contributed by atoms with E-state index in [1.54, 1.807) is 14.2 Å². The van der Waals surface area contributed by atoms with E-state index in [9.17, 15) is 0 Å². The van der Waals surface area contributed by atoms with E-state index in [0.29, 0.717) is 50.9 Å². The molecule has 0 bridgehead atoms. The van der Waals surface area contributed by atoms with Gasteiger partial charge in [-0.3, -0.25) is 9.69 Å². The van der Waals surface area contributed by atoms with Crippen LogP contribution in [0, 0.1) is 0 Å². The van der Waals surface area contributed by atoms with Gasteiger partial charge in [-0.25, -0.2) is 15.0 Å². The Kier molecular flexibility index (Phi) is 11.7. The lowest BCUT2D eigenvalue weighted by atomic mass is 9.79. The van der Waals surface area contributed by atoms with Gasteiger partial charge in [0.1, 0.15) is 29.1 Å². The third-order valence-electron chi connectivity index (χ3n) is 11.4. The first kappa shape index (κ1) is 38.7. The van der Waals surface area contributed by atoms with E-state index in [-0.39, 0.29) is 5.91 Å². The minimum Gasteiger partial charge on any atom is -0.497 e. The highest BCUT2D eigenvalue weighted by atomic mass is 79.9. The molecule has 3 aromatic carbocycles. The Morgan fingerprint density at radius 1 is 0.895 bits per heavy atom. The molecule has 2 fully saturated rings. The Labute approximate surface area is 342 Å². The summed E-state index contributed by atoms with van der Waals surface area (Å²) in [6, 6.07) is 24.4. The highest BCUT2D eigenvalue weighted by molar-refractivity contribution is 9.10. The average molecular weight is 834 g/mol. The second kappa shape index (κ2) is 17.2. The number of ether oxygens (including phenoxy) is 3. The van der Waals surface area contributed by atoms with Gasteiger partial charge in [0.05, 0.1) is 38.7 Å². The Hall–Kier alpha value is -5.11. The lowest BCUT2D eigenvalue weighted by molar-refractivity contribution is -0.143. The van der Waals surface area contributed by atoms with Crippen molar-refractivity contribution in [2.45, 2.75) is 37.6 Å². The molecule has 296 valence electrons. The summed E-state index contributed by atoms with van der Waals surface area (Å²) in [4.78, 5) is 42.3. The molecule has 0 spiro atoms. The molecule has 8 rings (SSSR count). The van der Waals surface area contributed by atoms with Crippen molar-refractivity contribution in [3.8, 4) is 22.8 Å². The number of halogens is 1. The van der Waals surface area contributed by atoms with Gasteiger partial charge in [-0.05, 0) is 78.9 Å². The second-order valence-corrected chi connectivity index (χ2v) is 15.8. The molecular formula is C44H49BrN8O4. The number of aromatic nitrogens is 4. The minimum atomic E-state index is -0.752. The Bertz CT molecular complexity index is 2110. The molecule has 13 heteroatoms. The first-order valence-corrected chi connectivity index (χ1v) is 20.5. The van der Waals surface area contributed by atoms with Crippen molar-refractivity contribution in [3.05, 3.63) is 118 Å². The standard InChI is InChI=1S/C44H49BrN8O4/c1-4-51-18-19-53(44(29-51,25-30-8-12-35(55-2)13-9-30)26-31-10-14-36(56-3)15-11-31)42(54)38(32-6-5-7-34(45)24-32)41-47-27-33(28-48-41)39-37-16-17-46-40(37)50-43(49-39)52-20-22-57-23-21-52/h5-15,24,27-28,38H,4,16-23,25-26,29H2,1-3H3,(H,46,49,50). The van der Waals surface area contributed by atoms with Crippen molar-refractivity contribution in [2.24, 2.45) is 0 Å². The number of benzene rings is 3. The van der Waals surface area contributed by atoms with E-state index in [4.69, 9.17) is 34.1 Å². The Morgan fingerprint density at radius 3 is 2.18 bits per heavy atom. The SMILES string of the molecule is CCN1CCN(C(=O)C(c2cccc(Br)c2)c2ncc(-c3nc(N4CCOCC4)nc4c3CCN4)cn2)C(Cc2ccc(OC)cc2)(Cc2ccc(OC)cc2)C1. The Balaban J connectivity index is 1.20. The molecule has 57 heavy (non-hydrogen) atoms. The fourth-order valence-corrected chi connectivity index (χ4v) is 8.86. The van der Waals surface area contributed by atoms with Crippen LogP contribution in [-0.4, -0.2) is 114 Å². The van der Waals surface area contributed by atoms with Gasteiger partial charge < -0.3 is 29.3 Å². The topological polar surface area (TPSA) is 118 Å². The number of rotatable bonds is 12. The summed E-state index contributed by atoms with van der Waals surface area (Å²) < 4.78 is 17.5. The molecule has 1 N–H and O–H groups in total. The van der Waals surface area contributed by atoms with E-state index in [1.165, 1.54) is 0 Å². The van der Waals surface area contributed by atoms with Gasteiger partial charge in [0, 0.05) is 67.3 Å². The smallest absolute Gasteiger partial charge is 0.238 e. The number of hydrogen-bond donors (Lipinski definition) is 1. The molecule has 1 atom stereocenters. The highest BCUT2D eigenvalue weighted by Gasteiger charge is 2.47. The van der Waals surface area contributed by atoms with Crippen LogP contribution in [0.3, 0.4) is 0 Å². The van der Waals surface area contributed by atoms with E-state index in [1.807, 2.05) is 60.9 Å². The van der Waals surface area contributed by atoms with Gasteiger partial charge in [0.15, 0.2) is 0 Å². The fourth-order valence-electron chi connectivity index (χ4n) is 8.44. The van der Waals surface area contributed by atoms with Gasteiger partial charge in [0.25, 0.3) is 0 Å². The van der Waals surface area contributed by atoms with Crippen LogP contribution in [0.25, 0.3) is 11.3 Å². The lowest BCUT2D eigenvalue weighted by Gasteiger charge is -2.52. The molecule has 0 saturated carbocycles. The predicted octanol–water partition coefficient (Wildman–Crippen LogP) is 6.04. The number of nitrogens with zero attached hydrogens (tertiary/aromatic N) is 7. The van der Waals surface area contributed by atoms with Crippen molar-refractivity contribution < 1.29 is 19.0 Å². The van der Waals surface area contributed by atoms with E-state index < -0.39 is 11.5 Å². The van der Waals surface area contributed by atoms with Crippen molar-refractivity contribution in [2.75, 3.05) is 83.5 Å². The number of methoxy groups -OCH3 is 2. The number of anilines is 2. The highest BCUT2D eigenvalue weighted by Crippen LogP contribution is 2.37. The monoisotopic (exact) mass is 832 g/mol. The summed E-state index contributed by atoms with van der Waals surface area (Å²) in [5.41, 5.74) is 5.15. The normalized spacial score (nSPS) is 17.1. The number of carbonyl (C=O) groups is 1. The van der Waals surface area contributed by atoms with Crippen molar-refractivity contribution >= 4 is 33.6 Å². The average Bonchev–Trinajstić information content (AvgIpc) is 3.74. The molecule has 0 radical (unpaired) electrons. The van der Waals surface area contributed by atoms with Gasteiger partial charge in [0.2, 0.25) is 11.9 Å². The van der Waals surface area contributed by atoms with Crippen LogP contribution in [0.1, 0.15) is 40.9 Å². The van der Waals surface area contributed by atoms with Crippen LogP contribution in [0.4, 0.5) is 11.8 Å². The zero-order valence-electron chi connectivity index (χ0n) is 32.8. The molecule has 3 aliphatic rings. The maximum atomic E-state index is 15.7. The van der Waals surface area contributed by atoms with Gasteiger partial charge in [-0.1, -0.05) is 59.3 Å². The minimum absolute atomic E-state index is 0.0274. The quantitative estimate of drug-likeness (QED) is 0.159. The molecular weight excluding hydrogens is 784 g/mol. The van der Waals surface area contributed by atoms with E-state index >= 15 is 4.79 Å². The first-order chi connectivity index (χ1) is 27.9. The number of piperazine rings is 1. The van der Waals surface area contributed by atoms with Crippen molar-refractivity contribution in [1.82, 2.24) is 29.7 Å². The summed E-state index contributed by atoms with van der Waals surface area (Å²) in [6.45, 7) is 8.63. The molecule has 2 aromatic heterocycles. The molecule has 5 heterocycles. The molecule has 5 aromatic rings. The number of amides is 1. The van der Waals surface area contributed by atoms with Crippen LogP contribution in [0.2, 0.25) is 0 Å². The Morgan fingerprint density at radius 2 is 1.56 bits per heavy atom.